The molecule has 1 fully saturated rings. The van der Waals surface area contributed by atoms with E-state index < -0.39 is 0 Å². The summed E-state index contributed by atoms with van der Waals surface area (Å²) in [5, 5.41) is 16.2. The van der Waals surface area contributed by atoms with Crippen molar-refractivity contribution in [1.29, 1.82) is 0 Å². The molecule has 226 valence electrons. The molecule has 9 rings (SSSR count). The number of hydrogen-bond acceptors (Lipinski definition) is 4. The Kier molecular flexibility index (Phi) is 6.90. The van der Waals surface area contributed by atoms with Gasteiger partial charge in [-0.25, -0.2) is 0 Å². The minimum Gasteiger partial charge on any atom is -0.456 e. The molecule has 1 aliphatic rings. The third-order valence-corrected chi connectivity index (χ3v) is 9.43. The Balaban J connectivity index is 1.07. The van der Waals surface area contributed by atoms with Gasteiger partial charge in [0.15, 0.2) is 0 Å². The minimum atomic E-state index is -0.0749. The molecule has 2 atom stereocenters. The van der Waals surface area contributed by atoms with Crippen molar-refractivity contribution in [3.05, 3.63) is 180 Å². The molecule has 0 bridgehead atoms. The standard InChI is InChI=1S/C43H33N3O/c1-3-12-31(13-4-1)41-44-42(32-14-5-2-6-15-32)46-43(45-41)36-18-10-9-16-34(36)30-21-19-28(20-22-30)33-24-25-38-37(27-33)40-35-17-8-7-11-29(35)23-26-39(40)47-38/h1-27,41-46H. The van der Waals surface area contributed by atoms with Crippen LogP contribution in [0.3, 0.4) is 0 Å². The number of hydrogen-bond donors (Lipinski definition) is 3. The van der Waals surface area contributed by atoms with Gasteiger partial charge in [0, 0.05) is 10.8 Å². The summed E-state index contributed by atoms with van der Waals surface area (Å²) >= 11 is 0. The van der Waals surface area contributed by atoms with E-state index in [1.54, 1.807) is 0 Å². The molecule has 2 unspecified atom stereocenters. The first-order chi connectivity index (χ1) is 23.3. The molecule has 47 heavy (non-hydrogen) atoms. The van der Waals surface area contributed by atoms with Crippen LogP contribution in [-0.4, -0.2) is 0 Å². The lowest BCUT2D eigenvalue weighted by atomic mass is 9.94. The molecule has 0 amide bonds. The first-order valence-corrected chi connectivity index (χ1v) is 16.2. The molecular formula is C43H33N3O. The summed E-state index contributed by atoms with van der Waals surface area (Å²) in [5.74, 6) is 0. The van der Waals surface area contributed by atoms with Gasteiger partial charge in [-0.3, -0.25) is 16.0 Å². The highest BCUT2D eigenvalue weighted by molar-refractivity contribution is 6.19. The smallest absolute Gasteiger partial charge is 0.136 e. The Morgan fingerprint density at radius 3 is 1.72 bits per heavy atom. The van der Waals surface area contributed by atoms with E-state index in [0.29, 0.717) is 0 Å². The van der Waals surface area contributed by atoms with Gasteiger partial charge in [0.1, 0.15) is 11.2 Å². The minimum absolute atomic E-state index is 0.0193. The predicted molar refractivity (Wildman–Crippen MR) is 193 cm³/mol. The fourth-order valence-electron chi connectivity index (χ4n) is 7.08. The van der Waals surface area contributed by atoms with Crippen LogP contribution in [0.2, 0.25) is 0 Å². The van der Waals surface area contributed by atoms with Crippen LogP contribution < -0.4 is 16.0 Å². The Morgan fingerprint density at radius 2 is 0.979 bits per heavy atom. The highest BCUT2D eigenvalue weighted by atomic mass is 16.3. The average Bonchev–Trinajstić information content (AvgIpc) is 3.54. The highest BCUT2D eigenvalue weighted by Crippen LogP contribution is 2.38. The zero-order valence-corrected chi connectivity index (χ0v) is 25.7. The summed E-state index contributed by atoms with van der Waals surface area (Å²) in [6, 6.07) is 58.1. The maximum atomic E-state index is 6.25. The van der Waals surface area contributed by atoms with Crippen LogP contribution in [0.25, 0.3) is 55.0 Å². The Bertz CT molecular complexity index is 2300. The maximum Gasteiger partial charge on any atom is 0.136 e. The van der Waals surface area contributed by atoms with Crippen molar-refractivity contribution < 1.29 is 4.42 Å². The van der Waals surface area contributed by atoms with Gasteiger partial charge in [0.2, 0.25) is 0 Å². The highest BCUT2D eigenvalue weighted by Gasteiger charge is 2.30. The van der Waals surface area contributed by atoms with Gasteiger partial charge in [-0.1, -0.05) is 146 Å². The summed E-state index contributed by atoms with van der Waals surface area (Å²) in [6.45, 7) is 0. The maximum absolute atomic E-state index is 6.25. The second-order valence-corrected chi connectivity index (χ2v) is 12.3. The van der Waals surface area contributed by atoms with Gasteiger partial charge in [-0.2, -0.15) is 0 Å². The molecule has 1 aromatic heterocycles. The van der Waals surface area contributed by atoms with E-state index in [9.17, 15) is 0 Å². The van der Waals surface area contributed by atoms with Crippen molar-refractivity contribution in [2.24, 2.45) is 0 Å². The van der Waals surface area contributed by atoms with Crippen molar-refractivity contribution >= 4 is 32.7 Å². The van der Waals surface area contributed by atoms with E-state index in [0.717, 1.165) is 16.6 Å². The Morgan fingerprint density at radius 1 is 0.404 bits per heavy atom. The number of rotatable bonds is 5. The summed E-state index contributed by atoms with van der Waals surface area (Å²) in [4.78, 5) is 0. The molecular weight excluding hydrogens is 574 g/mol. The number of fused-ring (bicyclic) bond motifs is 5. The number of benzene rings is 7. The van der Waals surface area contributed by atoms with Crippen LogP contribution in [0.1, 0.15) is 35.2 Å². The second-order valence-electron chi connectivity index (χ2n) is 12.3. The van der Waals surface area contributed by atoms with Crippen molar-refractivity contribution in [2.75, 3.05) is 0 Å². The monoisotopic (exact) mass is 607 g/mol. The van der Waals surface area contributed by atoms with Gasteiger partial charge in [0.05, 0.1) is 18.5 Å². The molecule has 3 N–H and O–H groups in total. The molecule has 1 aliphatic heterocycles. The fourth-order valence-corrected chi connectivity index (χ4v) is 7.08. The van der Waals surface area contributed by atoms with Crippen LogP contribution in [0, 0.1) is 0 Å². The van der Waals surface area contributed by atoms with Crippen LogP contribution >= 0.6 is 0 Å². The van der Waals surface area contributed by atoms with Crippen LogP contribution in [0.5, 0.6) is 0 Å². The molecule has 4 heteroatoms. The molecule has 2 heterocycles. The molecule has 7 aromatic carbocycles. The Hall–Kier alpha value is -5.52. The zero-order chi connectivity index (χ0) is 31.2. The normalized spacial score (nSPS) is 18.2. The van der Waals surface area contributed by atoms with E-state index >= 15 is 0 Å². The van der Waals surface area contributed by atoms with Crippen LogP contribution in [0.4, 0.5) is 0 Å². The largest absolute Gasteiger partial charge is 0.456 e. The van der Waals surface area contributed by atoms with Gasteiger partial charge in [-0.05, 0) is 67.9 Å². The molecule has 0 aliphatic carbocycles. The second kappa shape index (κ2) is 11.7. The van der Waals surface area contributed by atoms with Crippen molar-refractivity contribution in [2.45, 2.75) is 18.5 Å². The van der Waals surface area contributed by atoms with E-state index in [-0.39, 0.29) is 18.5 Å². The predicted octanol–water partition coefficient (Wildman–Crippen LogP) is 10.3. The first-order valence-electron chi connectivity index (χ1n) is 16.2. The van der Waals surface area contributed by atoms with Gasteiger partial charge in [-0.15, -0.1) is 0 Å². The Labute approximate surface area is 273 Å². The molecule has 0 spiro atoms. The van der Waals surface area contributed by atoms with Crippen LogP contribution in [0.15, 0.2) is 168 Å². The van der Waals surface area contributed by atoms with Gasteiger partial charge >= 0.3 is 0 Å². The summed E-state index contributed by atoms with van der Waals surface area (Å²) in [6.07, 6.45) is -0.114. The molecule has 0 saturated carbocycles. The lowest BCUT2D eigenvalue weighted by Gasteiger charge is -2.40. The average molecular weight is 608 g/mol. The van der Waals surface area contributed by atoms with Crippen LogP contribution in [-0.2, 0) is 0 Å². The van der Waals surface area contributed by atoms with E-state index in [1.807, 2.05) is 0 Å². The quantitative estimate of drug-likeness (QED) is 0.182. The molecule has 0 radical (unpaired) electrons. The zero-order valence-electron chi connectivity index (χ0n) is 25.7. The molecule has 1 saturated heterocycles. The topological polar surface area (TPSA) is 49.2 Å². The molecule has 8 aromatic rings. The summed E-state index contributed by atoms with van der Waals surface area (Å²) < 4.78 is 6.25. The van der Waals surface area contributed by atoms with Crippen molar-refractivity contribution in [3.8, 4) is 22.3 Å². The van der Waals surface area contributed by atoms with Gasteiger partial charge in [0.25, 0.3) is 0 Å². The number of nitrogens with one attached hydrogen (secondary N) is 3. The van der Waals surface area contributed by atoms with Gasteiger partial charge < -0.3 is 4.42 Å². The fraction of sp³-hybridized carbons (Fsp3) is 0.0698. The van der Waals surface area contributed by atoms with Crippen molar-refractivity contribution in [1.82, 2.24) is 16.0 Å². The van der Waals surface area contributed by atoms with E-state index in [1.165, 1.54) is 55.1 Å². The third-order valence-electron chi connectivity index (χ3n) is 9.43. The lowest BCUT2D eigenvalue weighted by molar-refractivity contribution is 0.203. The summed E-state index contributed by atoms with van der Waals surface area (Å²) in [7, 11) is 0. The van der Waals surface area contributed by atoms with E-state index in [4.69, 9.17) is 4.42 Å². The van der Waals surface area contributed by atoms with E-state index in [2.05, 4.69) is 180 Å². The van der Waals surface area contributed by atoms with Crippen molar-refractivity contribution in [3.63, 3.8) is 0 Å². The molecule has 4 nitrogen and oxygen atoms in total. The third kappa shape index (κ3) is 5.09. The summed E-state index contributed by atoms with van der Waals surface area (Å²) in [5.41, 5.74) is 10.2. The first kappa shape index (κ1) is 27.8. The number of furan rings is 1. The lowest BCUT2D eigenvalue weighted by Crippen LogP contribution is -2.54. The SMILES string of the molecule is c1ccc(C2NC(c3ccccc3)NC(c3ccccc3-c3ccc(-c4ccc5oc6ccc7ccccc7c6c5c4)cc3)N2)cc1.